The molecule has 0 saturated carbocycles. The minimum absolute atomic E-state index is 0.0716. The normalized spacial score (nSPS) is 23.4. The van der Waals surface area contributed by atoms with Gasteiger partial charge in [-0.1, -0.05) is 61.3 Å². The molecule has 3 atom stereocenters. The first-order valence-corrected chi connectivity index (χ1v) is 11.9. The van der Waals surface area contributed by atoms with Gasteiger partial charge in [0.05, 0.1) is 12.5 Å². The van der Waals surface area contributed by atoms with Crippen LogP contribution in [0.15, 0.2) is 0 Å². The smallest absolute Gasteiger partial charge is 0.201 e. The molecule has 0 fully saturated rings. The second kappa shape index (κ2) is 9.34. The number of rotatable bonds is 10. The zero-order valence-electron chi connectivity index (χ0n) is 16.8. The van der Waals surface area contributed by atoms with Gasteiger partial charge in [0.1, 0.15) is 6.10 Å². The average molecular weight is 358 g/mol. The fourth-order valence-corrected chi connectivity index (χ4v) is 10.1. The van der Waals surface area contributed by atoms with Gasteiger partial charge in [-0.15, -0.1) is 0 Å². The molecule has 0 amide bonds. The molecule has 1 aliphatic rings. The van der Waals surface area contributed by atoms with E-state index in [-0.39, 0.29) is 12.1 Å². The number of hydrogen-bond donors (Lipinski definition) is 1. The van der Waals surface area contributed by atoms with Crippen molar-refractivity contribution < 1.29 is 14.3 Å². The summed E-state index contributed by atoms with van der Waals surface area (Å²) in [7, 11) is -2.01. The number of hydrogen-bond acceptors (Lipinski definition) is 3. The summed E-state index contributed by atoms with van der Waals surface area (Å²) in [6.45, 7) is 15.7. The minimum Gasteiger partial charge on any atom is -0.624 e. The van der Waals surface area contributed by atoms with Gasteiger partial charge >= 0.3 is 0 Å². The summed E-state index contributed by atoms with van der Waals surface area (Å²) < 4.78 is 7.87. The second-order valence-electron chi connectivity index (χ2n) is 8.35. The molecular formula is C19H39NO3Si. The second-order valence-corrected chi connectivity index (χ2v) is 13.8. The maximum atomic E-state index is 12.3. The predicted molar refractivity (Wildman–Crippen MR) is 104 cm³/mol. The van der Waals surface area contributed by atoms with E-state index in [1.807, 2.05) is 0 Å². The summed E-state index contributed by atoms with van der Waals surface area (Å²) in [4.78, 5) is 0. The van der Waals surface area contributed by atoms with Gasteiger partial charge in [0.2, 0.25) is 8.32 Å². The van der Waals surface area contributed by atoms with E-state index in [1.165, 1.54) is 0 Å². The molecule has 1 aliphatic heterocycles. The Kier molecular flexibility index (Phi) is 8.43. The number of nitrogens with zero attached hydrogens (tertiary/aromatic N) is 1. The molecule has 0 unspecified atom stereocenters. The number of hydroxylamine groups is 1. The third-order valence-electron chi connectivity index (χ3n) is 5.74. The van der Waals surface area contributed by atoms with Crippen molar-refractivity contribution in [2.24, 2.45) is 0 Å². The molecule has 0 radical (unpaired) electrons. The van der Waals surface area contributed by atoms with Crippen molar-refractivity contribution >= 4 is 14.5 Å². The molecule has 0 spiro atoms. The number of unbranched alkanes of at least 4 members (excludes halogenated alkanes) is 1. The lowest BCUT2D eigenvalue weighted by Gasteiger charge is -2.44. The fraction of sp³-hybridized carbons (Fsp3) is 0.947. The van der Waals surface area contributed by atoms with Crippen molar-refractivity contribution in [1.82, 2.24) is 0 Å². The average Bonchev–Trinajstić information content (AvgIpc) is 2.82. The van der Waals surface area contributed by atoms with E-state index in [9.17, 15) is 10.3 Å². The molecular weight excluding hydrogens is 318 g/mol. The molecule has 0 aromatic carbocycles. The van der Waals surface area contributed by atoms with Gasteiger partial charge in [-0.25, -0.2) is 4.74 Å². The third-order valence-corrected chi connectivity index (χ3v) is 11.9. The predicted octanol–water partition coefficient (Wildman–Crippen LogP) is 4.84. The van der Waals surface area contributed by atoms with E-state index in [4.69, 9.17) is 4.43 Å². The lowest BCUT2D eigenvalue weighted by molar-refractivity contribution is -0.499. The Bertz CT molecular complexity index is 388. The van der Waals surface area contributed by atoms with E-state index in [0.29, 0.717) is 29.5 Å². The standard InChI is InChI=1S/C19H39NO3Si/c1-8-9-10-17(21)13-18-19(11-12-20(18)22)23-24(14(2)3,15(4)5)16(6)7/h12,14-19,21H,8-11,13H2,1-7H3/t17-,18+,19-/m0/s1. The molecule has 4 nitrogen and oxygen atoms in total. The van der Waals surface area contributed by atoms with Crippen LogP contribution in [0.25, 0.3) is 0 Å². The molecule has 24 heavy (non-hydrogen) atoms. The highest BCUT2D eigenvalue weighted by molar-refractivity contribution is 6.77. The Labute approximate surface area is 150 Å². The van der Waals surface area contributed by atoms with Gasteiger partial charge in [-0.05, 0) is 23.0 Å². The van der Waals surface area contributed by atoms with Crippen molar-refractivity contribution in [2.75, 3.05) is 0 Å². The van der Waals surface area contributed by atoms with E-state index in [0.717, 1.165) is 24.0 Å². The first-order chi connectivity index (χ1) is 11.2. The van der Waals surface area contributed by atoms with Crippen LogP contribution in [0.1, 0.15) is 80.6 Å². The summed E-state index contributed by atoms with van der Waals surface area (Å²) in [6.07, 6.45) is 5.27. The van der Waals surface area contributed by atoms with E-state index in [1.54, 1.807) is 6.21 Å². The van der Waals surface area contributed by atoms with Crippen LogP contribution in [0.2, 0.25) is 16.6 Å². The molecule has 142 valence electrons. The Balaban J connectivity index is 2.90. The summed E-state index contributed by atoms with van der Waals surface area (Å²) in [5, 5.41) is 22.6. The highest BCUT2D eigenvalue weighted by Crippen LogP contribution is 2.44. The van der Waals surface area contributed by atoms with Crippen molar-refractivity contribution in [3.05, 3.63) is 5.21 Å². The lowest BCUT2D eigenvalue weighted by atomic mass is 10.0. The van der Waals surface area contributed by atoms with Gasteiger partial charge in [-0.3, -0.25) is 0 Å². The number of aliphatic hydroxyl groups is 1. The number of aliphatic hydroxyl groups excluding tert-OH is 1. The molecule has 5 heteroatoms. The third kappa shape index (κ3) is 4.83. The van der Waals surface area contributed by atoms with Crippen LogP contribution < -0.4 is 0 Å². The van der Waals surface area contributed by atoms with Gasteiger partial charge < -0.3 is 14.7 Å². The first kappa shape index (κ1) is 21.6. The zero-order chi connectivity index (χ0) is 18.5. The maximum absolute atomic E-state index is 12.3. The highest BCUT2D eigenvalue weighted by Gasteiger charge is 2.50. The Morgan fingerprint density at radius 3 is 2.17 bits per heavy atom. The first-order valence-electron chi connectivity index (χ1n) is 9.81. The van der Waals surface area contributed by atoms with Crippen LogP contribution in [0.3, 0.4) is 0 Å². The van der Waals surface area contributed by atoms with Gasteiger partial charge in [0.25, 0.3) is 0 Å². The van der Waals surface area contributed by atoms with Gasteiger partial charge in [0.15, 0.2) is 12.3 Å². The topological polar surface area (TPSA) is 55.5 Å². The molecule has 1 rings (SSSR count). The summed E-state index contributed by atoms with van der Waals surface area (Å²) in [5.41, 5.74) is 1.51. The zero-order valence-corrected chi connectivity index (χ0v) is 17.8. The van der Waals surface area contributed by atoms with Crippen LogP contribution in [-0.4, -0.2) is 42.6 Å². The highest BCUT2D eigenvalue weighted by atomic mass is 28.4. The maximum Gasteiger partial charge on any atom is 0.201 e. The van der Waals surface area contributed by atoms with Crippen molar-refractivity contribution in [1.29, 1.82) is 0 Å². The molecule has 0 saturated heterocycles. The summed E-state index contributed by atoms with van der Waals surface area (Å²) >= 11 is 0. The Hall–Kier alpha value is -0.393. The molecule has 1 N–H and O–H groups in total. The van der Waals surface area contributed by atoms with E-state index in [2.05, 4.69) is 48.5 Å². The molecule has 0 aromatic rings. The largest absolute Gasteiger partial charge is 0.624 e. The molecule has 1 heterocycles. The van der Waals surface area contributed by atoms with E-state index >= 15 is 0 Å². The Morgan fingerprint density at radius 2 is 1.71 bits per heavy atom. The van der Waals surface area contributed by atoms with E-state index < -0.39 is 14.4 Å². The lowest BCUT2D eigenvalue weighted by Crippen LogP contribution is -2.52. The molecule has 0 aromatic heterocycles. The van der Waals surface area contributed by atoms with Crippen molar-refractivity contribution in [3.8, 4) is 0 Å². The summed E-state index contributed by atoms with van der Waals surface area (Å²) in [6, 6.07) is -0.236. The monoisotopic (exact) mass is 357 g/mol. The van der Waals surface area contributed by atoms with Crippen LogP contribution in [0.4, 0.5) is 0 Å². The van der Waals surface area contributed by atoms with Gasteiger partial charge in [0, 0.05) is 6.42 Å². The fourth-order valence-electron chi connectivity index (χ4n) is 4.55. The van der Waals surface area contributed by atoms with Crippen LogP contribution >= 0.6 is 0 Å². The summed E-state index contributed by atoms with van der Waals surface area (Å²) in [5.74, 6) is 0. The molecule has 0 bridgehead atoms. The Morgan fingerprint density at radius 1 is 1.17 bits per heavy atom. The van der Waals surface area contributed by atoms with Gasteiger partial charge in [-0.2, -0.15) is 0 Å². The van der Waals surface area contributed by atoms with Crippen LogP contribution in [0, 0.1) is 5.21 Å². The van der Waals surface area contributed by atoms with Crippen LogP contribution in [-0.2, 0) is 4.43 Å². The van der Waals surface area contributed by atoms with Crippen molar-refractivity contribution in [2.45, 2.75) is 115 Å². The van der Waals surface area contributed by atoms with Crippen LogP contribution in [0.5, 0.6) is 0 Å². The SMILES string of the molecule is CCCC[C@H](O)C[C@@H]1[C@@H](O[Si](C(C)C)(C(C)C)C(C)C)CC=[N+]1[O-]. The quantitative estimate of drug-likeness (QED) is 0.346. The van der Waals surface area contributed by atoms with Crippen molar-refractivity contribution in [3.63, 3.8) is 0 Å². The minimum atomic E-state index is -2.01. The molecule has 0 aliphatic carbocycles.